The van der Waals surface area contributed by atoms with Gasteiger partial charge in [0.2, 0.25) is 5.91 Å². The van der Waals surface area contributed by atoms with E-state index in [0.717, 1.165) is 27.3 Å². The van der Waals surface area contributed by atoms with E-state index in [-0.39, 0.29) is 17.5 Å². The Morgan fingerprint density at radius 2 is 1.97 bits per heavy atom. The van der Waals surface area contributed by atoms with Gasteiger partial charge in [0.25, 0.3) is 5.91 Å². The van der Waals surface area contributed by atoms with Crippen molar-refractivity contribution < 1.29 is 14.2 Å². The maximum atomic E-state index is 12.7. The summed E-state index contributed by atoms with van der Waals surface area (Å²) in [5.74, 6) is 0.143. The van der Waals surface area contributed by atoms with Gasteiger partial charge < -0.3 is 10.2 Å². The molecule has 4 rings (SSSR count). The Morgan fingerprint density at radius 3 is 2.71 bits per heavy atom. The van der Waals surface area contributed by atoms with Crippen LogP contribution in [-0.4, -0.2) is 44.3 Å². The quantitative estimate of drug-likeness (QED) is 0.592. The highest BCUT2D eigenvalue weighted by atomic mass is 32.2. The summed E-state index contributed by atoms with van der Waals surface area (Å²) < 4.78 is 4.66. The Morgan fingerprint density at radius 1 is 1.16 bits per heavy atom. The lowest BCUT2D eigenvalue weighted by molar-refractivity contribution is -0.118. The third kappa shape index (κ3) is 4.77. The lowest BCUT2D eigenvalue weighted by Crippen LogP contribution is -2.37. The van der Waals surface area contributed by atoms with Gasteiger partial charge in [-0.3, -0.25) is 14.6 Å². The zero-order valence-corrected chi connectivity index (χ0v) is 18.2. The van der Waals surface area contributed by atoms with Gasteiger partial charge in [0.15, 0.2) is 5.69 Å². The predicted molar refractivity (Wildman–Crippen MR) is 115 cm³/mol. The van der Waals surface area contributed by atoms with Crippen LogP contribution in [0.3, 0.4) is 0 Å². The maximum Gasteiger partial charge on any atom is 0.278 e. The first-order valence-corrected chi connectivity index (χ1v) is 11.0. The number of nitrogens with one attached hydrogen (secondary N) is 1. The number of amides is 2. The van der Waals surface area contributed by atoms with Crippen molar-refractivity contribution in [1.29, 1.82) is 0 Å². The molecule has 2 amide bonds. The Kier molecular flexibility index (Phi) is 6.31. The molecule has 1 aromatic carbocycles. The number of carbonyl (C=O) groups excluding carboxylic acids is 2. The Labute approximate surface area is 184 Å². The standard InChI is InChI=1S/C22H23N5O3S/c1-14-19(11-24-20(28)13-31-17-6-4-3-5-7-17)18-8-9-27(12-16(18)10-23-14)22(29)21-15(2)25-30-26-21/h3-7,10H,8-9,11-13H2,1-2H3,(H,24,28). The molecule has 9 heteroatoms. The molecule has 3 heterocycles. The average molecular weight is 438 g/mol. The fraction of sp³-hybridized carbons (Fsp3) is 0.318. The highest BCUT2D eigenvalue weighted by molar-refractivity contribution is 8.00. The van der Waals surface area contributed by atoms with Crippen LogP contribution < -0.4 is 5.32 Å². The predicted octanol–water partition coefficient (Wildman–Crippen LogP) is 2.69. The van der Waals surface area contributed by atoms with Crippen LogP contribution in [0.15, 0.2) is 46.1 Å². The maximum absolute atomic E-state index is 12.7. The summed E-state index contributed by atoms with van der Waals surface area (Å²) in [7, 11) is 0. The van der Waals surface area contributed by atoms with Crippen molar-refractivity contribution in [2.24, 2.45) is 0 Å². The third-order valence-electron chi connectivity index (χ3n) is 5.31. The van der Waals surface area contributed by atoms with E-state index in [1.54, 1.807) is 11.8 Å². The van der Waals surface area contributed by atoms with Gasteiger partial charge in [-0.1, -0.05) is 23.4 Å². The molecule has 3 aromatic rings. The molecule has 0 atom stereocenters. The lowest BCUT2D eigenvalue weighted by Gasteiger charge is -2.30. The molecule has 1 N–H and O–H groups in total. The van der Waals surface area contributed by atoms with Gasteiger partial charge in [0, 0.05) is 36.4 Å². The van der Waals surface area contributed by atoms with Crippen molar-refractivity contribution in [3.8, 4) is 0 Å². The Hall–Kier alpha value is -3.20. The molecule has 0 bridgehead atoms. The first-order valence-electron chi connectivity index (χ1n) is 10.0. The Balaban J connectivity index is 1.41. The minimum Gasteiger partial charge on any atom is -0.351 e. The van der Waals surface area contributed by atoms with E-state index in [2.05, 4.69) is 25.2 Å². The van der Waals surface area contributed by atoms with E-state index in [1.807, 2.05) is 43.5 Å². The molecule has 160 valence electrons. The van der Waals surface area contributed by atoms with Gasteiger partial charge in [-0.2, -0.15) is 0 Å². The molecular weight excluding hydrogens is 414 g/mol. The van der Waals surface area contributed by atoms with Gasteiger partial charge in [0.05, 0.1) is 5.75 Å². The number of nitrogens with zero attached hydrogens (tertiary/aromatic N) is 4. The zero-order chi connectivity index (χ0) is 21.8. The number of aromatic nitrogens is 3. The molecular formula is C22H23N5O3S. The van der Waals surface area contributed by atoms with Crippen LogP contribution >= 0.6 is 11.8 Å². The number of hydrogen-bond acceptors (Lipinski definition) is 7. The monoisotopic (exact) mass is 437 g/mol. The number of rotatable bonds is 6. The minimum atomic E-state index is -0.197. The molecule has 0 spiro atoms. The van der Waals surface area contributed by atoms with Crippen molar-refractivity contribution in [2.45, 2.75) is 38.3 Å². The van der Waals surface area contributed by atoms with E-state index in [4.69, 9.17) is 0 Å². The number of thioether (sulfide) groups is 1. The molecule has 1 aliphatic rings. The molecule has 0 fully saturated rings. The number of carbonyl (C=O) groups is 2. The number of hydrogen-bond donors (Lipinski definition) is 1. The molecule has 0 unspecified atom stereocenters. The molecule has 8 nitrogen and oxygen atoms in total. The topological polar surface area (TPSA) is 101 Å². The minimum absolute atomic E-state index is 0.0209. The summed E-state index contributed by atoms with van der Waals surface area (Å²) in [6.45, 7) is 5.08. The van der Waals surface area contributed by atoms with Crippen LogP contribution in [-0.2, 0) is 24.3 Å². The van der Waals surface area contributed by atoms with E-state index < -0.39 is 0 Å². The highest BCUT2D eigenvalue weighted by Crippen LogP contribution is 2.25. The van der Waals surface area contributed by atoms with Crippen LogP contribution in [0.2, 0.25) is 0 Å². The zero-order valence-electron chi connectivity index (χ0n) is 17.4. The number of fused-ring (bicyclic) bond motifs is 1. The second-order valence-electron chi connectivity index (χ2n) is 7.38. The Bertz CT molecular complexity index is 1100. The fourth-order valence-corrected chi connectivity index (χ4v) is 4.36. The first-order chi connectivity index (χ1) is 15.0. The van der Waals surface area contributed by atoms with Gasteiger partial charge in [-0.25, -0.2) is 4.63 Å². The average Bonchev–Trinajstić information content (AvgIpc) is 3.22. The summed E-state index contributed by atoms with van der Waals surface area (Å²) in [6, 6.07) is 9.85. The van der Waals surface area contributed by atoms with Gasteiger partial charge in [-0.05, 0) is 54.2 Å². The highest BCUT2D eigenvalue weighted by Gasteiger charge is 2.27. The number of pyridine rings is 1. The molecule has 31 heavy (non-hydrogen) atoms. The van der Waals surface area contributed by atoms with E-state index in [1.165, 1.54) is 11.8 Å². The normalized spacial score (nSPS) is 13.0. The van der Waals surface area contributed by atoms with Gasteiger partial charge in [-0.15, -0.1) is 11.8 Å². The third-order valence-corrected chi connectivity index (χ3v) is 6.33. The lowest BCUT2D eigenvalue weighted by atomic mass is 9.94. The molecule has 0 radical (unpaired) electrons. The summed E-state index contributed by atoms with van der Waals surface area (Å²) in [4.78, 5) is 32.4. The molecule has 2 aromatic heterocycles. The largest absolute Gasteiger partial charge is 0.351 e. The molecule has 0 saturated carbocycles. The van der Waals surface area contributed by atoms with Crippen LogP contribution in [0.25, 0.3) is 0 Å². The van der Waals surface area contributed by atoms with Gasteiger partial charge >= 0.3 is 0 Å². The van der Waals surface area contributed by atoms with Crippen LogP contribution in [0, 0.1) is 13.8 Å². The van der Waals surface area contributed by atoms with Crippen molar-refractivity contribution in [3.05, 3.63) is 70.3 Å². The van der Waals surface area contributed by atoms with E-state index in [9.17, 15) is 9.59 Å². The first kappa shape index (κ1) is 21.0. The number of benzene rings is 1. The summed E-state index contributed by atoms with van der Waals surface area (Å²) in [6.07, 6.45) is 2.51. The van der Waals surface area contributed by atoms with Crippen molar-refractivity contribution in [3.63, 3.8) is 0 Å². The van der Waals surface area contributed by atoms with Crippen molar-refractivity contribution >= 4 is 23.6 Å². The fourth-order valence-electron chi connectivity index (χ4n) is 3.61. The second-order valence-corrected chi connectivity index (χ2v) is 8.43. The number of aryl methyl sites for hydroxylation is 2. The smallest absolute Gasteiger partial charge is 0.278 e. The summed E-state index contributed by atoms with van der Waals surface area (Å²) in [5.41, 5.74) is 4.79. The second kappa shape index (κ2) is 9.30. The van der Waals surface area contributed by atoms with Crippen molar-refractivity contribution in [1.82, 2.24) is 25.5 Å². The van der Waals surface area contributed by atoms with Crippen LogP contribution in [0.5, 0.6) is 0 Å². The summed E-state index contributed by atoms with van der Waals surface area (Å²) in [5, 5.41) is 10.4. The van der Waals surface area contributed by atoms with Gasteiger partial charge in [0.1, 0.15) is 5.69 Å². The SMILES string of the molecule is Cc1nonc1C(=O)N1CCc2c(cnc(C)c2CNC(=O)CSc2ccccc2)C1. The molecule has 0 aliphatic carbocycles. The molecule has 0 saturated heterocycles. The summed E-state index contributed by atoms with van der Waals surface area (Å²) >= 11 is 1.51. The van der Waals surface area contributed by atoms with Crippen LogP contribution in [0.4, 0.5) is 0 Å². The van der Waals surface area contributed by atoms with E-state index in [0.29, 0.717) is 37.5 Å². The van der Waals surface area contributed by atoms with Crippen LogP contribution in [0.1, 0.15) is 38.6 Å². The molecule has 1 aliphatic heterocycles. The van der Waals surface area contributed by atoms with E-state index >= 15 is 0 Å². The van der Waals surface area contributed by atoms with Crippen molar-refractivity contribution in [2.75, 3.05) is 12.3 Å².